The van der Waals surface area contributed by atoms with Crippen molar-refractivity contribution in [3.8, 4) is 0 Å². The second kappa shape index (κ2) is 5.66. The Hall–Kier alpha value is -1.59. The molecule has 0 radical (unpaired) electrons. The molecule has 1 aromatic heterocycles. The number of rotatable bonds is 4. The van der Waals surface area contributed by atoms with Crippen LogP contribution in [0.15, 0.2) is 18.2 Å². The monoisotopic (exact) mass is 305 g/mol. The fourth-order valence-corrected chi connectivity index (χ4v) is 3.06. The summed E-state index contributed by atoms with van der Waals surface area (Å²) in [5, 5.41) is 3.95. The summed E-state index contributed by atoms with van der Waals surface area (Å²) in [4.78, 5) is 15.1. The van der Waals surface area contributed by atoms with Gasteiger partial charge in [0.1, 0.15) is 4.88 Å². The van der Waals surface area contributed by atoms with E-state index in [1.165, 1.54) is 16.9 Å². The van der Waals surface area contributed by atoms with Crippen LogP contribution in [0.3, 0.4) is 0 Å². The number of benzene rings is 1. The molecule has 1 aromatic carbocycles. The molecule has 1 heterocycles. The Balaban J connectivity index is 2.22. The fraction of sp³-hybridized carbons (Fsp3) is 0.438. The molecule has 3 N–H and O–H groups in total. The predicted molar refractivity (Wildman–Crippen MR) is 91.1 cm³/mol. The molecule has 4 nitrogen and oxygen atoms in total. The van der Waals surface area contributed by atoms with Crippen molar-refractivity contribution in [2.45, 2.75) is 26.3 Å². The lowest BCUT2D eigenvalue weighted by atomic mass is 10.0. The smallest absolute Gasteiger partial charge is 0.263 e. The number of anilines is 1. The SMILES string of the molecule is Cc1ccc2c(N)c(C(=O)NCC(C)(C)N(C)C)sc2c1. The van der Waals surface area contributed by atoms with Gasteiger partial charge in [-0.3, -0.25) is 4.79 Å². The minimum absolute atomic E-state index is 0.0960. The Morgan fingerprint density at radius 3 is 2.67 bits per heavy atom. The molecule has 1 amide bonds. The lowest BCUT2D eigenvalue weighted by molar-refractivity contribution is 0.0924. The van der Waals surface area contributed by atoms with Gasteiger partial charge in [0.25, 0.3) is 5.91 Å². The first-order valence-electron chi connectivity index (χ1n) is 6.96. The molecule has 2 aromatic rings. The average Bonchev–Trinajstić information content (AvgIpc) is 2.72. The molecule has 0 fully saturated rings. The third kappa shape index (κ3) is 3.19. The Morgan fingerprint density at radius 1 is 1.38 bits per heavy atom. The van der Waals surface area contributed by atoms with Gasteiger partial charge in [0.05, 0.1) is 5.69 Å². The normalized spacial score (nSPS) is 12.1. The van der Waals surface area contributed by atoms with Crippen LogP contribution in [0, 0.1) is 6.92 Å². The van der Waals surface area contributed by atoms with E-state index in [4.69, 9.17) is 5.73 Å². The summed E-state index contributed by atoms with van der Waals surface area (Å²) in [6.45, 7) is 6.79. The maximum absolute atomic E-state index is 12.4. The highest BCUT2D eigenvalue weighted by Gasteiger charge is 2.23. The van der Waals surface area contributed by atoms with E-state index in [0.29, 0.717) is 17.1 Å². The van der Waals surface area contributed by atoms with E-state index in [-0.39, 0.29) is 11.4 Å². The summed E-state index contributed by atoms with van der Waals surface area (Å²) in [5.41, 5.74) is 7.78. The van der Waals surface area contributed by atoms with Crippen LogP contribution in [0.2, 0.25) is 0 Å². The number of nitrogens with one attached hydrogen (secondary N) is 1. The number of amides is 1. The molecule has 0 saturated carbocycles. The van der Waals surface area contributed by atoms with E-state index in [0.717, 1.165) is 10.1 Å². The lowest BCUT2D eigenvalue weighted by Crippen LogP contribution is -2.48. The Labute approximate surface area is 129 Å². The van der Waals surface area contributed by atoms with Crippen LogP contribution in [0.5, 0.6) is 0 Å². The van der Waals surface area contributed by atoms with Crippen LogP contribution in [0.25, 0.3) is 10.1 Å². The zero-order valence-corrected chi connectivity index (χ0v) is 14.1. The van der Waals surface area contributed by atoms with E-state index in [1.807, 2.05) is 33.2 Å². The molecule has 0 spiro atoms. The standard InChI is InChI=1S/C16H23N3OS/c1-10-6-7-11-12(8-10)21-14(13(11)17)15(20)18-9-16(2,3)19(4)5/h6-8H,9,17H2,1-5H3,(H,18,20). The predicted octanol–water partition coefficient (Wildman–Crippen LogP) is 2.86. The molecule has 0 aliphatic heterocycles. The van der Waals surface area contributed by atoms with Crippen molar-refractivity contribution >= 4 is 33.0 Å². The number of hydrogen-bond donors (Lipinski definition) is 2. The molecule has 0 saturated heterocycles. The van der Waals surface area contributed by atoms with Gasteiger partial charge in [0.2, 0.25) is 0 Å². The van der Waals surface area contributed by atoms with Gasteiger partial charge in [-0.05, 0) is 46.5 Å². The number of nitrogens with zero attached hydrogens (tertiary/aromatic N) is 1. The lowest BCUT2D eigenvalue weighted by Gasteiger charge is -2.32. The van der Waals surface area contributed by atoms with E-state index in [9.17, 15) is 4.79 Å². The molecule has 0 aliphatic carbocycles. The van der Waals surface area contributed by atoms with Crippen molar-refractivity contribution in [1.29, 1.82) is 0 Å². The van der Waals surface area contributed by atoms with E-state index >= 15 is 0 Å². The van der Waals surface area contributed by atoms with Crippen LogP contribution in [0.1, 0.15) is 29.1 Å². The average molecular weight is 305 g/mol. The van der Waals surface area contributed by atoms with Crippen LogP contribution in [0.4, 0.5) is 5.69 Å². The molecule has 114 valence electrons. The Bertz CT molecular complexity index is 673. The minimum Gasteiger partial charge on any atom is -0.397 e. The number of nitrogen functional groups attached to an aromatic ring is 1. The van der Waals surface area contributed by atoms with Gasteiger partial charge < -0.3 is 16.0 Å². The Morgan fingerprint density at radius 2 is 2.05 bits per heavy atom. The van der Waals surface area contributed by atoms with E-state index in [2.05, 4.69) is 30.1 Å². The summed E-state index contributed by atoms with van der Waals surface area (Å²) < 4.78 is 1.06. The molecule has 0 atom stereocenters. The highest BCUT2D eigenvalue weighted by molar-refractivity contribution is 7.21. The Kier molecular flexibility index (Phi) is 4.25. The van der Waals surface area contributed by atoms with Crippen molar-refractivity contribution in [2.24, 2.45) is 0 Å². The number of aryl methyl sites for hydroxylation is 1. The number of nitrogens with two attached hydrogens (primary N) is 1. The zero-order chi connectivity index (χ0) is 15.8. The highest BCUT2D eigenvalue weighted by atomic mass is 32.1. The van der Waals surface area contributed by atoms with Gasteiger partial charge >= 0.3 is 0 Å². The topological polar surface area (TPSA) is 58.4 Å². The summed E-state index contributed by atoms with van der Waals surface area (Å²) in [6, 6.07) is 6.07. The molecule has 0 bridgehead atoms. The van der Waals surface area contributed by atoms with Gasteiger partial charge in [-0.25, -0.2) is 0 Å². The van der Waals surface area contributed by atoms with Crippen molar-refractivity contribution < 1.29 is 4.79 Å². The van der Waals surface area contributed by atoms with Crippen molar-refractivity contribution in [3.05, 3.63) is 28.6 Å². The summed E-state index contributed by atoms with van der Waals surface area (Å²) in [6.07, 6.45) is 0. The fourth-order valence-electron chi connectivity index (χ4n) is 1.93. The largest absolute Gasteiger partial charge is 0.397 e. The third-order valence-corrected chi connectivity index (χ3v) is 5.15. The van der Waals surface area contributed by atoms with Crippen molar-refractivity contribution in [1.82, 2.24) is 10.2 Å². The number of carbonyl (C=O) groups excluding carboxylic acids is 1. The second-order valence-corrected chi connectivity index (χ2v) is 7.29. The summed E-state index contributed by atoms with van der Waals surface area (Å²) in [5.74, 6) is -0.0960. The molecule has 2 rings (SSSR count). The van der Waals surface area contributed by atoms with Crippen LogP contribution in [-0.2, 0) is 0 Å². The molecular weight excluding hydrogens is 282 g/mol. The second-order valence-electron chi connectivity index (χ2n) is 6.23. The van der Waals surface area contributed by atoms with E-state index in [1.54, 1.807) is 0 Å². The van der Waals surface area contributed by atoms with Gasteiger partial charge in [0.15, 0.2) is 0 Å². The van der Waals surface area contributed by atoms with Gasteiger partial charge in [-0.1, -0.05) is 12.1 Å². The number of carbonyl (C=O) groups is 1. The van der Waals surface area contributed by atoms with Gasteiger partial charge in [-0.2, -0.15) is 0 Å². The summed E-state index contributed by atoms with van der Waals surface area (Å²) in [7, 11) is 4.01. The van der Waals surface area contributed by atoms with Crippen LogP contribution >= 0.6 is 11.3 Å². The first kappa shape index (κ1) is 15.8. The molecule has 0 unspecified atom stereocenters. The number of fused-ring (bicyclic) bond motifs is 1. The van der Waals surface area contributed by atoms with Crippen LogP contribution < -0.4 is 11.1 Å². The van der Waals surface area contributed by atoms with Gasteiger partial charge in [0, 0.05) is 22.2 Å². The number of likely N-dealkylation sites (N-methyl/N-ethyl adjacent to an activating group) is 1. The quantitative estimate of drug-likeness (QED) is 0.913. The zero-order valence-electron chi connectivity index (χ0n) is 13.3. The third-order valence-electron chi connectivity index (χ3n) is 3.98. The molecule has 5 heteroatoms. The summed E-state index contributed by atoms with van der Waals surface area (Å²) >= 11 is 1.45. The highest BCUT2D eigenvalue weighted by Crippen LogP contribution is 2.34. The molecule has 0 aliphatic rings. The first-order valence-corrected chi connectivity index (χ1v) is 7.78. The maximum Gasteiger partial charge on any atom is 0.263 e. The van der Waals surface area contributed by atoms with E-state index < -0.39 is 0 Å². The maximum atomic E-state index is 12.4. The number of hydrogen-bond acceptors (Lipinski definition) is 4. The molecular formula is C16H23N3OS. The van der Waals surface area contributed by atoms with Crippen molar-refractivity contribution in [2.75, 3.05) is 26.4 Å². The minimum atomic E-state index is -0.0995. The van der Waals surface area contributed by atoms with Crippen LogP contribution in [-0.4, -0.2) is 37.0 Å². The van der Waals surface area contributed by atoms with Crippen molar-refractivity contribution in [3.63, 3.8) is 0 Å². The molecule has 21 heavy (non-hydrogen) atoms. The van der Waals surface area contributed by atoms with Gasteiger partial charge in [-0.15, -0.1) is 11.3 Å². The number of thiophene rings is 1. The first-order chi connectivity index (χ1) is 9.72.